The van der Waals surface area contributed by atoms with E-state index in [1.165, 1.54) is 23.1 Å². The minimum atomic E-state index is -0.451. The summed E-state index contributed by atoms with van der Waals surface area (Å²) < 4.78 is 1.47. The molecule has 0 fully saturated rings. The van der Waals surface area contributed by atoms with Crippen molar-refractivity contribution in [2.75, 3.05) is 18.4 Å². The molecule has 132 valence electrons. The van der Waals surface area contributed by atoms with E-state index in [0.29, 0.717) is 24.3 Å². The van der Waals surface area contributed by atoms with Gasteiger partial charge in [0.25, 0.3) is 11.6 Å². The van der Waals surface area contributed by atoms with E-state index in [-0.39, 0.29) is 11.6 Å². The molecule has 3 rings (SSSR count). The van der Waals surface area contributed by atoms with E-state index < -0.39 is 4.92 Å². The lowest BCUT2D eigenvalue weighted by Gasteiger charge is -2.09. The first-order valence-electron chi connectivity index (χ1n) is 7.73. The summed E-state index contributed by atoms with van der Waals surface area (Å²) in [6.07, 6.45) is 1.45. The number of carbonyl (C=O) groups excluding carboxylic acids is 1. The number of non-ortho nitro benzene ring substituents is 1. The van der Waals surface area contributed by atoms with Crippen molar-refractivity contribution in [3.05, 3.63) is 70.5 Å². The van der Waals surface area contributed by atoms with E-state index in [1.54, 1.807) is 36.4 Å². The maximum absolute atomic E-state index is 12.2. The third-order valence-electron chi connectivity index (χ3n) is 3.54. The third kappa shape index (κ3) is 4.17. The Labute approximate surface area is 148 Å². The van der Waals surface area contributed by atoms with Crippen LogP contribution in [0.5, 0.6) is 0 Å². The number of carbonyl (C=O) groups is 1. The van der Waals surface area contributed by atoms with Gasteiger partial charge >= 0.3 is 0 Å². The number of amides is 1. The molecule has 10 heteroatoms. The predicted octanol–water partition coefficient (Wildman–Crippen LogP) is 1.41. The molecule has 0 unspecified atom stereocenters. The molecule has 0 saturated carbocycles. The molecule has 2 aromatic carbocycles. The SMILES string of the molecule is O=C(NCCNc1ccc([N+](=O)[O-])cc1)c1cccc(-n2cnnn2)c1. The molecular formula is C16H15N7O3. The monoisotopic (exact) mass is 353 g/mol. The van der Waals surface area contributed by atoms with Crippen LogP contribution in [0.25, 0.3) is 5.69 Å². The lowest BCUT2D eigenvalue weighted by Crippen LogP contribution is -2.28. The van der Waals surface area contributed by atoms with Gasteiger partial charge in [0.05, 0.1) is 10.6 Å². The predicted molar refractivity (Wildman–Crippen MR) is 93.1 cm³/mol. The van der Waals surface area contributed by atoms with E-state index in [1.807, 2.05) is 0 Å². The van der Waals surface area contributed by atoms with Crippen LogP contribution in [0.3, 0.4) is 0 Å². The van der Waals surface area contributed by atoms with Crippen LogP contribution in [-0.4, -0.2) is 44.1 Å². The molecule has 0 aliphatic carbocycles. The summed E-state index contributed by atoms with van der Waals surface area (Å²) in [5.41, 5.74) is 1.96. The maximum Gasteiger partial charge on any atom is 0.269 e. The quantitative estimate of drug-likeness (QED) is 0.373. The number of nitro benzene ring substituents is 1. The van der Waals surface area contributed by atoms with Crippen LogP contribution >= 0.6 is 0 Å². The first-order chi connectivity index (χ1) is 12.6. The van der Waals surface area contributed by atoms with Crippen LogP contribution in [0, 0.1) is 10.1 Å². The zero-order valence-electron chi connectivity index (χ0n) is 13.6. The second-order valence-corrected chi connectivity index (χ2v) is 5.29. The average Bonchev–Trinajstić information content (AvgIpc) is 3.20. The van der Waals surface area contributed by atoms with Gasteiger partial charge in [0, 0.05) is 36.5 Å². The van der Waals surface area contributed by atoms with E-state index >= 15 is 0 Å². The number of anilines is 1. The Kier molecular flexibility index (Phi) is 5.13. The fourth-order valence-corrected chi connectivity index (χ4v) is 2.26. The number of nitrogens with zero attached hydrogens (tertiary/aromatic N) is 5. The Morgan fingerprint density at radius 2 is 1.96 bits per heavy atom. The van der Waals surface area contributed by atoms with Gasteiger partial charge in [0.15, 0.2) is 0 Å². The van der Waals surface area contributed by atoms with Gasteiger partial charge in [-0.1, -0.05) is 6.07 Å². The summed E-state index contributed by atoms with van der Waals surface area (Å²) in [6, 6.07) is 13.0. The lowest BCUT2D eigenvalue weighted by atomic mass is 10.2. The minimum absolute atomic E-state index is 0.0336. The summed E-state index contributed by atoms with van der Waals surface area (Å²) in [5, 5.41) is 27.4. The van der Waals surface area contributed by atoms with Crippen molar-refractivity contribution in [2.24, 2.45) is 0 Å². The molecule has 10 nitrogen and oxygen atoms in total. The zero-order valence-corrected chi connectivity index (χ0v) is 13.6. The molecule has 1 heterocycles. The number of aromatic nitrogens is 4. The van der Waals surface area contributed by atoms with Crippen LogP contribution in [0.15, 0.2) is 54.9 Å². The molecule has 0 bridgehead atoms. The van der Waals surface area contributed by atoms with Gasteiger partial charge in [-0.25, -0.2) is 4.68 Å². The van der Waals surface area contributed by atoms with Crippen LogP contribution in [-0.2, 0) is 0 Å². The summed E-state index contributed by atoms with van der Waals surface area (Å²) in [7, 11) is 0. The fourth-order valence-electron chi connectivity index (χ4n) is 2.26. The molecule has 0 aliphatic rings. The normalized spacial score (nSPS) is 10.3. The number of nitrogens with one attached hydrogen (secondary N) is 2. The van der Waals surface area contributed by atoms with E-state index in [9.17, 15) is 14.9 Å². The van der Waals surface area contributed by atoms with Gasteiger partial charge in [-0.3, -0.25) is 14.9 Å². The van der Waals surface area contributed by atoms with Gasteiger partial charge < -0.3 is 10.6 Å². The summed E-state index contributed by atoms with van der Waals surface area (Å²) in [6.45, 7) is 0.876. The van der Waals surface area contributed by atoms with Crippen molar-refractivity contribution in [1.82, 2.24) is 25.5 Å². The maximum atomic E-state index is 12.2. The van der Waals surface area contributed by atoms with Crippen molar-refractivity contribution >= 4 is 17.3 Å². The third-order valence-corrected chi connectivity index (χ3v) is 3.54. The number of hydrogen-bond donors (Lipinski definition) is 2. The van der Waals surface area contributed by atoms with Gasteiger partial charge in [-0.15, -0.1) is 5.10 Å². The van der Waals surface area contributed by atoms with Gasteiger partial charge in [-0.2, -0.15) is 0 Å². The van der Waals surface area contributed by atoms with Gasteiger partial charge in [0.1, 0.15) is 6.33 Å². The van der Waals surface area contributed by atoms with Crippen LogP contribution < -0.4 is 10.6 Å². The number of hydrogen-bond acceptors (Lipinski definition) is 7. The van der Waals surface area contributed by atoms with Crippen molar-refractivity contribution in [1.29, 1.82) is 0 Å². The zero-order chi connectivity index (χ0) is 18.4. The number of rotatable bonds is 7. The topological polar surface area (TPSA) is 128 Å². The molecule has 0 atom stereocenters. The van der Waals surface area contributed by atoms with E-state index in [2.05, 4.69) is 26.2 Å². The minimum Gasteiger partial charge on any atom is -0.383 e. The Balaban J connectivity index is 1.50. The number of benzene rings is 2. The van der Waals surface area contributed by atoms with Gasteiger partial charge in [-0.05, 0) is 40.8 Å². The summed E-state index contributed by atoms with van der Waals surface area (Å²) >= 11 is 0. The Morgan fingerprint density at radius 1 is 1.15 bits per heavy atom. The van der Waals surface area contributed by atoms with Crippen LogP contribution in [0.2, 0.25) is 0 Å². The molecule has 1 amide bonds. The van der Waals surface area contributed by atoms with E-state index in [0.717, 1.165) is 5.69 Å². The van der Waals surface area contributed by atoms with Crippen LogP contribution in [0.4, 0.5) is 11.4 Å². The molecule has 0 spiro atoms. The second-order valence-electron chi connectivity index (χ2n) is 5.29. The fraction of sp³-hybridized carbons (Fsp3) is 0.125. The molecule has 0 radical (unpaired) electrons. The number of tetrazole rings is 1. The average molecular weight is 353 g/mol. The van der Waals surface area contributed by atoms with Crippen molar-refractivity contribution in [2.45, 2.75) is 0 Å². The smallest absolute Gasteiger partial charge is 0.269 e. The molecule has 0 saturated heterocycles. The second kappa shape index (κ2) is 7.83. The molecular weight excluding hydrogens is 338 g/mol. The standard InChI is InChI=1S/C16H15N7O3/c24-16(12-2-1-3-15(10-12)22-11-19-20-21-22)18-9-8-17-13-4-6-14(7-5-13)23(25)26/h1-7,10-11,17H,8-9H2,(H,18,24). The molecule has 1 aromatic heterocycles. The Morgan fingerprint density at radius 3 is 2.65 bits per heavy atom. The Bertz CT molecular complexity index is 894. The molecule has 0 aliphatic heterocycles. The molecule has 26 heavy (non-hydrogen) atoms. The highest BCUT2D eigenvalue weighted by molar-refractivity contribution is 5.94. The first-order valence-corrected chi connectivity index (χ1v) is 7.73. The summed E-state index contributed by atoms with van der Waals surface area (Å²) in [4.78, 5) is 22.4. The highest BCUT2D eigenvalue weighted by atomic mass is 16.6. The molecule has 3 aromatic rings. The highest BCUT2D eigenvalue weighted by Crippen LogP contribution is 2.15. The van der Waals surface area contributed by atoms with Crippen molar-refractivity contribution < 1.29 is 9.72 Å². The first kappa shape index (κ1) is 17.0. The van der Waals surface area contributed by atoms with E-state index in [4.69, 9.17) is 0 Å². The largest absolute Gasteiger partial charge is 0.383 e. The van der Waals surface area contributed by atoms with Crippen LogP contribution in [0.1, 0.15) is 10.4 Å². The number of nitro groups is 1. The Hall–Kier alpha value is -3.82. The van der Waals surface area contributed by atoms with Crippen molar-refractivity contribution in [3.8, 4) is 5.69 Å². The van der Waals surface area contributed by atoms with Gasteiger partial charge in [0.2, 0.25) is 0 Å². The molecule has 2 N–H and O–H groups in total. The summed E-state index contributed by atoms with van der Waals surface area (Å²) in [5.74, 6) is -0.217. The lowest BCUT2D eigenvalue weighted by molar-refractivity contribution is -0.384. The van der Waals surface area contributed by atoms with Crippen molar-refractivity contribution in [3.63, 3.8) is 0 Å². The highest BCUT2D eigenvalue weighted by Gasteiger charge is 2.07.